The Balaban J connectivity index is 2.08. The minimum Gasteiger partial charge on any atom is -0.480 e. The summed E-state index contributed by atoms with van der Waals surface area (Å²) in [6, 6.07) is 6.99. The highest BCUT2D eigenvalue weighted by Gasteiger charge is 2.18. The van der Waals surface area contributed by atoms with Crippen LogP contribution < -0.4 is 0 Å². The lowest BCUT2D eigenvalue weighted by Crippen LogP contribution is -2.36. The molecule has 23 heavy (non-hydrogen) atoms. The van der Waals surface area contributed by atoms with Crippen LogP contribution in [0.3, 0.4) is 0 Å². The van der Waals surface area contributed by atoms with Crippen molar-refractivity contribution in [3.8, 4) is 0 Å². The monoisotopic (exact) mass is 352 g/mol. The van der Waals surface area contributed by atoms with E-state index < -0.39 is 5.97 Å². The first kappa shape index (κ1) is 17.4. The molecule has 1 aromatic heterocycles. The number of carboxylic acid groups (broad SMARTS) is 1. The van der Waals surface area contributed by atoms with Gasteiger partial charge in [-0.1, -0.05) is 30.7 Å². The molecule has 2 rings (SSSR count). The Morgan fingerprint density at radius 1 is 1.30 bits per heavy atom. The molecule has 0 bridgehead atoms. The molecule has 0 saturated carbocycles. The van der Waals surface area contributed by atoms with Crippen molar-refractivity contribution in [1.82, 2.24) is 9.88 Å². The zero-order chi connectivity index (χ0) is 16.8. The topological polar surface area (TPSA) is 70.5 Å². The number of carbonyl (C=O) groups excluding carboxylic acids is 1. The summed E-state index contributed by atoms with van der Waals surface area (Å²) in [4.78, 5) is 29.1. The maximum atomic E-state index is 12.4. The van der Waals surface area contributed by atoms with Gasteiger partial charge in [-0.2, -0.15) is 0 Å². The van der Waals surface area contributed by atoms with Crippen molar-refractivity contribution in [2.75, 3.05) is 6.54 Å². The molecule has 0 fully saturated rings. The third kappa shape index (κ3) is 5.33. The van der Waals surface area contributed by atoms with Gasteiger partial charge in [0.15, 0.2) is 0 Å². The van der Waals surface area contributed by atoms with E-state index in [-0.39, 0.29) is 25.4 Å². The first-order chi connectivity index (χ1) is 11.0. The number of aryl methyl sites for hydroxylation is 1. The van der Waals surface area contributed by atoms with Crippen molar-refractivity contribution in [1.29, 1.82) is 0 Å². The molecule has 0 unspecified atom stereocenters. The second-order valence-corrected chi connectivity index (χ2v) is 6.41. The maximum absolute atomic E-state index is 12.4. The van der Waals surface area contributed by atoms with Crippen LogP contribution in [0.2, 0.25) is 5.02 Å². The molecule has 5 nitrogen and oxygen atoms in total. The number of rotatable bonds is 7. The van der Waals surface area contributed by atoms with Gasteiger partial charge in [0.05, 0.1) is 17.1 Å². The van der Waals surface area contributed by atoms with Gasteiger partial charge < -0.3 is 10.0 Å². The van der Waals surface area contributed by atoms with Gasteiger partial charge >= 0.3 is 5.97 Å². The molecule has 0 aliphatic rings. The lowest BCUT2D eigenvalue weighted by molar-refractivity contribution is -0.144. The van der Waals surface area contributed by atoms with Gasteiger partial charge in [-0.05, 0) is 24.1 Å². The van der Waals surface area contributed by atoms with Gasteiger partial charge in [-0.15, -0.1) is 11.3 Å². The summed E-state index contributed by atoms with van der Waals surface area (Å²) in [6.45, 7) is 1.89. The van der Waals surface area contributed by atoms with E-state index in [0.29, 0.717) is 10.7 Å². The average Bonchev–Trinajstić information content (AvgIpc) is 2.96. The van der Waals surface area contributed by atoms with Crippen LogP contribution in [0.1, 0.15) is 23.2 Å². The minimum absolute atomic E-state index is 0.109. The van der Waals surface area contributed by atoms with E-state index in [1.165, 1.54) is 16.2 Å². The number of hydrogen-bond donors (Lipinski definition) is 1. The SMILES string of the molecule is CCc1nc(CC(=O)N(CC(=O)O)Cc2ccc(Cl)cc2)cs1. The van der Waals surface area contributed by atoms with Crippen LogP contribution >= 0.6 is 22.9 Å². The van der Waals surface area contributed by atoms with E-state index in [1.54, 1.807) is 24.3 Å². The second-order valence-electron chi connectivity index (χ2n) is 5.03. The van der Waals surface area contributed by atoms with Crippen molar-refractivity contribution in [3.63, 3.8) is 0 Å². The molecule has 122 valence electrons. The van der Waals surface area contributed by atoms with E-state index in [2.05, 4.69) is 4.98 Å². The fourth-order valence-corrected chi connectivity index (χ4v) is 2.94. The lowest BCUT2D eigenvalue weighted by Gasteiger charge is -2.20. The number of carbonyl (C=O) groups is 2. The Morgan fingerprint density at radius 2 is 2.00 bits per heavy atom. The second kappa shape index (κ2) is 8.08. The zero-order valence-corrected chi connectivity index (χ0v) is 14.2. The number of thiazole rings is 1. The van der Waals surface area contributed by atoms with E-state index in [1.807, 2.05) is 12.3 Å². The van der Waals surface area contributed by atoms with Crippen LogP contribution in [-0.2, 0) is 29.0 Å². The maximum Gasteiger partial charge on any atom is 0.323 e. The van der Waals surface area contributed by atoms with Gasteiger partial charge in [-0.3, -0.25) is 9.59 Å². The van der Waals surface area contributed by atoms with Gasteiger partial charge in [0, 0.05) is 16.9 Å². The van der Waals surface area contributed by atoms with Crippen LogP contribution in [0.25, 0.3) is 0 Å². The summed E-state index contributed by atoms with van der Waals surface area (Å²) < 4.78 is 0. The predicted molar refractivity (Wildman–Crippen MR) is 89.7 cm³/mol. The summed E-state index contributed by atoms with van der Waals surface area (Å²) in [6.07, 6.45) is 0.930. The molecule has 7 heteroatoms. The Labute approximate surface area is 143 Å². The fourth-order valence-electron chi connectivity index (χ4n) is 2.06. The van der Waals surface area contributed by atoms with Crippen LogP contribution in [0, 0.1) is 0 Å². The largest absolute Gasteiger partial charge is 0.480 e. The molecule has 0 spiro atoms. The van der Waals surface area contributed by atoms with Crippen LogP contribution in [-0.4, -0.2) is 33.4 Å². The third-order valence-electron chi connectivity index (χ3n) is 3.20. The normalized spacial score (nSPS) is 10.5. The Kier molecular flexibility index (Phi) is 6.12. The summed E-state index contributed by atoms with van der Waals surface area (Å²) in [7, 11) is 0. The average molecular weight is 353 g/mol. The van der Waals surface area contributed by atoms with E-state index in [4.69, 9.17) is 16.7 Å². The fraction of sp³-hybridized carbons (Fsp3) is 0.312. The van der Waals surface area contributed by atoms with E-state index in [9.17, 15) is 9.59 Å². The molecular weight excluding hydrogens is 336 g/mol. The molecule has 0 radical (unpaired) electrons. The molecule has 1 amide bonds. The molecule has 0 saturated heterocycles. The first-order valence-corrected chi connectivity index (χ1v) is 8.41. The van der Waals surface area contributed by atoms with E-state index >= 15 is 0 Å². The summed E-state index contributed by atoms with van der Waals surface area (Å²) in [5.41, 5.74) is 1.51. The Bertz CT molecular complexity index is 685. The van der Waals surface area contributed by atoms with Crippen LogP contribution in [0.15, 0.2) is 29.6 Å². The number of carboxylic acids is 1. The van der Waals surface area contributed by atoms with E-state index in [0.717, 1.165) is 17.0 Å². The third-order valence-corrected chi connectivity index (χ3v) is 4.49. The first-order valence-electron chi connectivity index (χ1n) is 7.15. The zero-order valence-electron chi connectivity index (χ0n) is 12.7. The molecule has 1 heterocycles. The predicted octanol–water partition coefficient (Wildman–Crippen LogP) is 3.01. The van der Waals surface area contributed by atoms with Crippen LogP contribution in [0.5, 0.6) is 0 Å². The molecule has 1 N–H and O–H groups in total. The highest BCUT2D eigenvalue weighted by molar-refractivity contribution is 7.09. The number of benzene rings is 1. The lowest BCUT2D eigenvalue weighted by atomic mass is 10.2. The van der Waals surface area contributed by atoms with Crippen LogP contribution in [0.4, 0.5) is 0 Å². The van der Waals surface area contributed by atoms with Crippen molar-refractivity contribution >= 4 is 34.8 Å². The van der Waals surface area contributed by atoms with Crippen molar-refractivity contribution < 1.29 is 14.7 Å². The highest BCUT2D eigenvalue weighted by Crippen LogP contribution is 2.14. The van der Waals surface area contributed by atoms with Gasteiger partial charge in [0.1, 0.15) is 6.54 Å². The van der Waals surface area contributed by atoms with Gasteiger partial charge in [0.25, 0.3) is 0 Å². The number of aliphatic carboxylic acids is 1. The minimum atomic E-state index is -1.04. The number of hydrogen-bond acceptors (Lipinski definition) is 4. The van der Waals surface area contributed by atoms with Gasteiger partial charge in [-0.25, -0.2) is 4.98 Å². The van der Waals surface area contributed by atoms with Crippen molar-refractivity contribution in [3.05, 3.63) is 50.9 Å². The highest BCUT2D eigenvalue weighted by atomic mass is 35.5. The Hall–Kier alpha value is -1.92. The molecule has 1 aromatic carbocycles. The summed E-state index contributed by atoms with van der Waals surface area (Å²) in [5, 5.41) is 12.4. The Morgan fingerprint density at radius 3 is 2.57 bits per heavy atom. The smallest absolute Gasteiger partial charge is 0.323 e. The quantitative estimate of drug-likeness (QED) is 0.831. The molecule has 0 aliphatic heterocycles. The van der Waals surface area contributed by atoms with Gasteiger partial charge in [0.2, 0.25) is 5.91 Å². The van der Waals surface area contributed by atoms with Crippen molar-refractivity contribution in [2.45, 2.75) is 26.3 Å². The summed E-state index contributed by atoms with van der Waals surface area (Å²) in [5.74, 6) is -1.30. The van der Waals surface area contributed by atoms with Crippen molar-refractivity contribution in [2.24, 2.45) is 0 Å². The number of nitrogens with zero attached hydrogens (tertiary/aromatic N) is 2. The standard InChI is InChI=1S/C16H17ClN2O3S/c1-2-14-18-13(10-23-14)7-15(20)19(9-16(21)22)8-11-3-5-12(17)6-4-11/h3-6,10H,2,7-9H2,1H3,(H,21,22). The summed E-state index contributed by atoms with van der Waals surface area (Å²) >= 11 is 7.35. The molecule has 2 aromatic rings. The molecule has 0 aliphatic carbocycles. The molecular formula is C16H17ClN2O3S. The number of aromatic nitrogens is 1. The number of halogens is 1. The molecule has 0 atom stereocenters. The number of amides is 1.